The summed E-state index contributed by atoms with van der Waals surface area (Å²) in [6.45, 7) is 0. The molecule has 0 saturated carbocycles. The predicted octanol–water partition coefficient (Wildman–Crippen LogP) is 2.48. The summed E-state index contributed by atoms with van der Waals surface area (Å²) in [5, 5.41) is 10.3. The Morgan fingerprint density at radius 1 is 1.52 bits per heavy atom. The Balaban J connectivity index is 0.000000270. The average Bonchev–Trinajstić information content (AvgIpc) is 2.96. The van der Waals surface area contributed by atoms with Crippen LogP contribution in [0.2, 0.25) is 0 Å². The van der Waals surface area contributed by atoms with Gasteiger partial charge in [-0.3, -0.25) is 4.79 Å². The molecule has 0 bridgehead atoms. The molecule has 6 nitrogen and oxygen atoms in total. The monoisotopic (exact) mass is 392 g/mol. The summed E-state index contributed by atoms with van der Waals surface area (Å²) in [5.41, 5.74) is 0.787. The van der Waals surface area contributed by atoms with Crippen LogP contribution in [0, 0.1) is 0 Å². The Hall–Kier alpha value is -0.800. The van der Waals surface area contributed by atoms with Gasteiger partial charge in [0.1, 0.15) is 11.4 Å². The van der Waals surface area contributed by atoms with Crippen LogP contribution in [0.25, 0.3) is 5.65 Å². The van der Waals surface area contributed by atoms with Crippen LogP contribution in [0.1, 0.15) is 12.8 Å². The lowest BCUT2D eigenvalue weighted by molar-refractivity contribution is -0.140. The zero-order valence-corrected chi connectivity index (χ0v) is 14.9. The van der Waals surface area contributed by atoms with Crippen molar-refractivity contribution < 1.29 is 9.53 Å². The number of methoxy groups -OCH3 is 1. The van der Waals surface area contributed by atoms with Crippen molar-refractivity contribution >= 4 is 51.9 Å². The molecule has 0 aliphatic heterocycles. The fourth-order valence-electron chi connectivity index (χ4n) is 1.21. The first-order chi connectivity index (χ1) is 10.2. The Bertz CT molecular complexity index is 553. The number of thiol groups is 1. The summed E-state index contributed by atoms with van der Waals surface area (Å²) >= 11 is 8.94. The minimum atomic E-state index is -0.199. The fourth-order valence-corrected chi connectivity index (χ4v) is 2.84. The van der Waals surface area contributed by atoms with Gasteiger partial charge in [-0.05, 0) is 18.6 Å². The standard InChI is InChI=1S/C8H9BrN4S.C4H8O2S/c9-4-1-5-14-8-3-2-7-10-6-11-13(7)12-8;1-6-4(5)2-3-7/h2-3,6H,1,4-5H2;7H,2-3H2,1H3. The highest BCUT2D eigenvalue weighted by Crippen LogP contribution is 2.15. The molecule has 0 atom stereocenters. The third-order valence-electron chi connectivity index (χ3n) is 2.20. The van der Waals surface area contributed by atoms with Gasteiger partial charge in [-0.15, -0.1) is 26.6 Å². The number of rotatable bonds is 6. The van der Waals surface area contributed by atoms with E-state index in [4.69, 9.17) is 0 Å². The van der Waals surface area contributed by atoms with Gasteiger partial charge in [0.15, 0.2) is 5.65 Å². The highest BCUT2D eigenvalue weighted by molar-refractivity contribution is 9.09. The number of esters is 1. The summed E-state index contributed by atoms with van der Waals surface area (Å²) in [6.07, 6.45) is 3.05. The molecular formula is C12H17BrN4O2S2. The van der Waals surface area contributed by atoms with Gasteiger partial charge in [0.05, 0.1) is 13.5 Å². The lowest BCUT2D eigenvalue weighted by Crippen LogP contribution is -1.99. The van der Waals surface area contributed by atoms with E-state index in [1.165, 1.54) is 13.4 Å². The molecule has 0 aliphatic rings. The maximum atomic E-state index is 10.1. The first-order valence-electron chi connectivity index (χ1n) is 6.24. The lowest BCUT2D eigenvalue weighted by atomic mass is 10.5. The number of carbonyl (C=O) groups is 1. The van der Waals surface area contributed by atoms with Crippen molar-refractivity contribution in [1.82, 2.24) is 19.8 Å². The van der Waals surface area contributed by atoms with E-state index in [1.807, 2.05) is 12.1 Å². The van der Waals surface area contributed by atoms with E-state index in [9.17, 15) is 4.79 Å². The second-order valence-electron chi connectivity index (χ2n) is 3.72. The molecule has 0 fully saturated rings. The maximum absolute atomic E-state index is 10.1. The molecule has 0 radical (unpaired) electrons. The summed E-state index contributed by atoms with van der Waals surface area (Å²) in [7, 11) is 1.37. The smallest absolute Gasteiger partial charge is 0.306 e. The molecule has 0 N–H and O–H groups in total. The molecule has 2 rings (SSSR count). The van der Waals surface area contributed by atoms with Crippen molar-refractivity contribution in [3.05, 3.63) is 18.5 Å². The van der Waals surface area contributed by atoms with E-state index in [-0.39, 0.29) is 5.97 Å². The number of fused-ring (bicyclic) bond motifs is 1. The number of thioether (sulfide) groups is 1. The van der Waals surface area contributed by atoms with Gasteiger partial charge in [0, 0.05) is 16.8 Å². The first kappa shape index (κ1) is 18.2. The Kier molecular flexibility index (Phi) is 9.44. The van der Waals surface area contributed by atoms with Crippen molar-refractivity contribution in [2.75, 3.05) is 23.9 Å². The van der Waals surface area contributed by atoms with E-state index >= 15 is 0 Å². The summed E-state index contributed by atoms with van der Waals surface area (Å²) in [5.74, 6) is 1.43. The highest BCUT2D eigenvalue weighted by Gasteiger charge is 1.99. The van der Waals surface area contributed by atoms with Gasteiger partial charge < -0.3 is 4.74 Å². The van der Waals surface area contributed by atoms with Crippen LogP contribution >= 0.6 is 40.3 Å². The summed E-state index contributed by atoms with van der Waals surface area (Å²) < 4.78 is 5.85. The van der Waals surface area contributed by atoms with Crippen LogP contribution in [0.4, 0.5) is 0 Å². The molecule has 2 aromatic rings. The van der Waals surface area contributed by atoms with E-state index < -0.39 is 0 Å². The van der Waals surface area contributed by atoms with Crippen LogP contribution in [-0.2, 0) is 9.53 Å². The van der Waals surface area contributed by atoms with Crippen LogP contribution in [0.15, 0.2) is 23.5 Å². The van der Waals surface area contributed by atoms with E-state index in [0.717, 1.165) is 28.2 Å². The van der Waals surface area contributed by atoms with Crippen LogP contribution < -0.4 is 0 Å². The third kappa shape index (κ3) is 7.14. The minimum Gasteiger partial charge on any atom is -0.469 e. The second-order valence-corrected chi connectivity index (χ2v) is 6.08. The Labute approximate surface area is 141 Å². The van der Waals surface area contributed by atoms with E-state index in [2.05, 4.69) is 48.5 Å². The van der Waals surface area contributed by atoms with E-state index in [1.54, 1.807) is 16.4 Å². The number of aromatic nitrogens is 4. The van der Waals surface area contributed by atoms with Gasteiger partial charge in [-0.1, -0.05) is 15.9 Å². The average molecular weight is 393 g/mol. The van der Waals surface area contributed by atoms with Gasteiger partial charge in [-0.25, -0.2) is 4.98 Å². The van der Waals surface area contributed by atoms with Crippen molar-refractivity contribution in [3.63, 3.8) is 0 Å². The normalized spacial score (nSPS) is 10.0. The summed E-state index contributed by atoms with van der Waals surface area (Å²) in [4.78, 5) is 14.2. The molecule has 0 aliphatic carbocycles. The molecule has 0 saturated heterocycles. The predicted molar refractivity (Wildman–Crippen MR) is 90.4 cm³/mol. The van der Waals surface area contributed by atoms with E-state index in [0.29, 0.717) is 12.2 Å². The Morgan fingerprint density at radius 2 is 2.33 bits per heavy atom. The number of alkyl halides is 1. The van der Waals surface area contributed by atoms with Gasteiger partial charge in [-0.2, -0.15) is 12.6 Å². The zero-order chi connectivity index (χ0) is 15.5. The van der Waals surface area contributed by atoms with Gasteiger partial charge >= 0.3 is 5.97 Å². The molecule has 9 heteroatoms. The molecule has 0 aromatic carbocycles. The van der Waals surface area contributed by atoms with Crippen molar-refractivity contribution in [2.24, 2.45) is 0 Å². The quantitative estimate of drug-likeness (QED) is 0.267. The zero-order valence-electron chi connectivity index (χ0n) is 11.6. The number of ether oxygens (including phenoxy) is 1. The maximum Gasteiger partial charge on any atom is 0.306 e. The van der Waals surface area contributed by atoms with Gasteiger partial charge in [0.25, 0.3) is 0 Å². The third-order valence-corrected chi connectivity index (χ3v) is 3.99. The number of nitrogens with zero attached hydrogens (tertiary/aromatic N) is 4. The largest absolute Gasteiger partial charge is 0.469 e. The molecular weight excluding hydrogens is 376 g/mol. The van der Waals surface area contributed by atoms with Crippen molar-refractivity contribution in [1.29, 1.82) is 0 Å². The topological polar surface area (TPSA) is 69.4 Å². The van der Waals surface area contributed by atoms with Crippen LogP contribution in [0.5, 0.6) is 0 Å². The molecule has 0 spiro atoms. The second kappa shape index (κ2) is 10.9. The summed E-state index contributed by atoms with van der Waals surface area (Å²) in [6, 6.07) is 3.90. The van der Waals surface area contributed by atoms with Crippen molar-refractivity contribution in [3.8, 4) is 0 Å². The fraction of sp³-hybridized carbons (Fsp3) is 0.500. The van der Waals surface area contributed by atoms with Crippen LogP contribution in [-0.4, -0.2) is 49.7 Å². The molecule has 2 heterocycles. The number of hydrogen-bond donors (Lipinski definition) is 1. The number of hydrogen-bond acceptors (Lipinski definition) is 7. The van der Waals surface area contributed by atoms with Crippen molar-refractivity contribution in [2.45, 2.75) is 17.9 Å². The molecule has 21 heavy (non-hydrogen) atoms. The number of halogens is 1. The SMILES string of the molecule is BrCCCSc1ccc2ncnn2n1.COC(=O)CCS. The van der Waals surface area contributed by atoms with Gasteiger partial charge in [0.2, 0.25) is 0 Å². The molecule has 116 valence electrons. The first-order valence-corrected chi connectivity index (χ1v) is 8.98. The molecule has 0 amide bonds. The number of carbonyl (C=O) groups excluding carboxylic acids is 1. The van der Waals surface area contributed by atoms with Crippen LogP contribution in [0.3, 0.4) is 0 Å². The molecule has 0 unspecified atom stereocenters. The Morgan fingerprint density at radius 3 is 2.95 bits per heavy atom. The molecule has 2 aromatic heterocycles. The minimum absolute atomic E-state index is 0.199. The lowest BCUT2D eigenvalue weighted by Gasteiger charge is -1.98. The highest BCUT2D eigenvalue weighted by atomic mass is 79.9.